The van der Waals surface area contributed by atoms with E-state index in [1.165, 1.54) is 16.7 Å². The van der Waals surface area contributed by atoms with Gasteiger partial charge in [0.2, 0.25) is 0 Å². The van der Waals surface area contributed by atoms with E-state index in [1.54, 1.807) is 0 Å². The van der Waals surface area contributed by atoms with Gasteiger partial charge in [0, 0.05) is 26.2 Å². The van der Waals surface area contributed by atoms with Gasteiger partial charge in [-0.05, 0) is 16.7 Å². The number of nitrogens with one attached hydrogen (secondary N) is 1. The van der Waals surface area contributed by atoms with Crippen molar-refractivity contribution in [1.82, 2.24) is 10.2 Å². The molecule has 1 fully saturated rings. The normalized spacial score (nSPS) is 16.2. The van der Waals surface area contributed by atoms with Crippen LogP contribution in [-0.2, 0) is 6.54 Å². The molecule has 3 aromatic carbocycles. The summed E-state index contributed by atoms with van der Waals surface area (Å²) in [6, 6.07) is 31.6. The molecule has 1 aliphatic heterocycles. The Morgan fingerprint density at radius 3 is 1.78 bits per heavy atom. The van der Waals surface area contributed by atoms with Crippen molar-refractivity contribution >= 4 is 0 Å². The van der Waals surface area contributed by atoms with E-state index in [1.807, 2.05) is 30.3 Å². The standard InChI is InChI=1S/C24H26N2O/c27-24(17-25-16-20-10-4-1-5-11-20)18-26(19-24)23(21-12-6-2-7-13-21)22-14-8-3-9-15-22/h1-15,23,25,27H,16-19H2. The molecule has 0 radical (unpaired) electrons. The van der Waals surface area contributed by atoms with E-state index in [0.717, 1.165) is 6.54 Å². The maximum atomic E-state index is 10.9. The highest BCUT2D eigenvalue weighted by Gasteiger charge is 2.44. The molecule has 0 bridgehead atoms. The van der Waals surface area contributed by atoms with Crippen LogP contribution in [0.5, 0.6) is 0 Å². The molecular formula is C24H26N2O. The SMILES string of the molecule is OC1(CNCc2ccccc2)CN(C(c2ccccc2)c2ccccc2)C1. The molecule has 0 unspecified atom stereocenters. The number of benzene rings is 3. The van der Waals surface area contributed by atoms with Crippen LogP contribution in [0.15, 0.2) is 91.0 Å². The van der Waals surface area contributed by atoms with Gasteiger partial charge < -0.3 is 10.4 Å². The minimum absolute atomic E-state index is 0.182. The lowest BCUT2D eigenvalue weighted by Crippen LogP contribution is -2.66. The van der Waals surface area contributed by atoms with E-state index in [2.05, 4.69) is 70.9 Å². The average Bonchev–Trinajstić information content (AvgIpc) is 2.69. The first-order valence-corrected chi connectivity index (χ1v) is 9.54. The van der Waals surface area contributed by atoms with Crippen molar-refractivity contribution < 1.29 is 5.11 Å². The van der Waals surface area contributed by atoms with Gasteiger partial charge in [-0.25, -0.2) is 0 Å². The highest BCUT2D eigenvalue weighted by Crippen LogP contribution is 2.35. The molecule has 0 aromatic heterocycles. The highest BCUT2D eigenvalue weighted by molar-refractivity contribution is 5.33. The summed E-state index contributed by atoms with van der Waals surface area (Å²) in [4.78, 5) is 2.36. The first-order chi connectivity index (χ1) is 13.2. The molecule has 3 aromatic rings. The first-order valence-electron chi connectivity index (χ1n) is 9.54. The Balaban J connectivity index is 1.40. The van der Waals surface area contributed by atoms with Crippen molar-refractivity contribution in [3.05, 3.63) is 108 Å². The van der Waals surface area contributed by atoms with Gasteiger partial charge >= 0.3 is 0 Å². The Bertz CT molecular complexity index is 791. The fourth-order valence-corrected chi connectivity index (χ4v) is 3.92. The number of hydrogen-bond donors (Lipinski definition) is 2. The molecule has 0 atom stereocenters. The lowest BCUT2D eigenvalue weighted by atomic mass is 9.87. The molecule has 27 heavy (non-hydrogen) atoms. The first kappa shape index (κ1) is 17.9. The van der Waals surface area contributed by atoms with Crippen molar-refractivity contribution in [2.24, 2.45) is 0 Å². The van der Waals surface area contributed by atoms with E-state index in [-0.39, 0.29) is 6.04 Å². The van der Waals surface area contributed by atoms with Crippen LogP contribution in [0, 0.1) is 0 Å². The summed E-state index contributed by atoms with van der Waals surface area (Å²) in [6.07, 6.45) is 0. The molecule has 2 N–H and O–H groups in total. The third-order valence-corrected chi connectivity index (χ3v) is 5.22. The number of rotatable bonds is 7. The van der Waals surface area contributed by atoms with Crippen molar-refractivity contribution in [3.63, 3.8) is 0 Å². The van der Waals surface area contributed by atoms with Gasteiger partial charge in [0.1, 0.15) is 5.60 Å². The van der Waals surface area contributed by atoms with Gasteiger partial charge in [0.05, 0.1) is 6.04 Å². The summed E-state index contributed by atoms with van der Waals surface area (Å²) < 4.78 is 0. The summed E-state index contributed by atoms with van der Waals surface area (Å²) in [5, 5.41) is 14.3. The van der Waals surface area contributed by atoms with Crippen molar-refractivity contribution in [2.45, 2.75) is 18.2 Å². The van der Waals surface area contributed by atoms with E-state index >= 15 is 0 Å². The maximum Gasteiger partial charge on any atom is 0.102 e. The summed E-state index contributed by atoms with van der Waals surface area (Å²) in [6.45, 7) is 2.73. The molecule has 0 saturated carbocycles. The van der Waals surface area contributed by atoms with Crippen molar-refractivity contribution in [3.8, 4) is 0 Å². The highest BCUT2D eigenvalue weighted by atomic mass is 16.3. The predicted molar refractivity (Wildman–Crippen MR) is 109 cm³/mol. The molecule has 1 aliphatic rings. The minimum Gasteiger partial charge on any atom is -0.386 e. The molecule has 3 heteroatoms. The fourth-order valence-electron chi connectivity index (χ4n) is 3.92. The lowest BCUT2D eigenvalue weighted by Gasteiger charge is -2.50. The predicted octanol–water partition coefficient (Wildman–Crippen LogP) is 3.61. The average molecular weight is 358 g/mol. The second-order valence-corrected chi connectivity index (χ2v) is 7.44. The van der Waals surface area contributed by atoms with Gasteiger partial charge in [-0.2, -0.15) is 0 Å². The quantitative estimate of drug-likeness (QED) is 0.677. The molecule has 1 heterocycles. The number of nitrogens with zero attached hydrogens (tertiary/aromatic N) is 1. The zero-order valence-electron chi connectivity index (χ0n) is 15.5. The van der Waals surface area contributed by atoms with Crippen LogP contribution in [-0.4, -0.2) is 35.2 Å². The third kappa shape index (κ3) is 4.28. The summed E-state index contributed by atoms with van der Waals surface area (Å²) in [7, 11) is 0. The number of β-amino-alcohol motifs (C(OH)–C–C–N with tert-alkyl or cyclic N) is 1. The zero-order valence-corrected chi connectivity index (χ0v) is 15.5. The van der Waals surface area contributed by atoms with E-state index in [4.69, 9.17) is 0 Å². The van der Waals surface area contributed by atoms with E-state index < -0.39 is 5.60 Å². The van der Waals surface area contributed by atoms with Gasteiger partial charge in [-0.1, -0.05) is 91.0 Å². The summed E-state index contributed by atoms with van der Waals surface area (Å²) in [5.74, 6) is 0. The monoisotopic (exact) mass is 358 g/mol. The lowest BCUT2D eigenvalue weighted by molar-refractivity contribution is -0.108. The molecule has 0 aliphatic carbocycles. The van der Waals surface area contributed by atoms with Crippen LogP contribution < -0.4 is 5.32 Å². The van der Waals surface area contributed by atoms with Crippen molar-refractivity contribution in [2.75, 3.05) is 19.6 Å². The van der Waals surface area contributed by atoms with Crippen LogP contribution in [0.4, 0.5) is 0 Å². The Kier molecular flexibility index (Phi) is 5.35. The topological polar surface area (TPSA) is 35.5 Å². The second-order valence-electron chi connectivity index (χ2n) is 7.44. The van der Waals surface area contributed by atoms with Gasteiger partial charge in [-0.3, -0.25) is 4.90 Å². The van der Waals surface area contributed by atoms with E-state index in [9.17, 15) is 5.11 Å². The van der Waals surface area contributed by atoms with Crippen molar-refractivity contribution in [1.29, 1.82) is 0 Å². The molecule has 138 valence electrons. The third-order valence-electron chi connectivity index (χ3n) is 5.22. The van der Waals surface area contributed by atoms with Crippen LogP contribution in [0.3, 0.4) is 0 Å². The van der Waals surface area contributed by atoms with Crippen LogP contribution in [0.25, 0.3) is 0 Å². The smallest absolute Gasteiger partial charge is 0.102 e. The Morgan fingerprint density at radius 1 is 0.778 bits per heavy atom. The van der Waals surface area contributed by atoms with E-state index in [0.29, 0.717) is 19.6 Å². The number of aliphatic hydroxyl groups is 1. The molecule has 0 amide bonds. The van der Waals surface area contributed by atoms with Crippen LogP contribution >= 0.6 is 0 Å². The second kappa shape index (κ2) is 8.05. The number of hydrogen-bond acceptors (Lipinski definition) is 3. The molecule has 1 saturated heterocycles. The Hall–Kier alpha value is -2.46. The fraction of sp³-hybridized carbons (Fsp3) is 0.250. The zero-order chi connectivity index (χ0) is 18.5. The molecule has 4 rings (SSSR count). The molecular weight excluding hydrogens is 332 g/mol. The summed E-state index contributed by atoms with van der Waals surface area (Å²) >= 11 is 0. The maximum absolute atomic E-state index is 10.9. The van der Waals surface area contributed by atoms with Gasteiger partial charge in [-0.15, -0.1) is 0 Å². The molecule has 3 nitrogen and oxygen atoms in total. The Morgan fingerprint density at radius 2 is 1.26 bits per heavy atom. The largest absolute Gasteiger partial charge is 0.386 e. The minimum atomic E-state index is -0.670. The summed E-state index contributed by atoms with van der Waals surface area (Å²) in [5.41, 5.74) is 3.10. The van der Waals surface area contributed by atoms with Crippen LogP contribution in [0.2, 0.25) is 0 Å². The van der Waals surface area contributed by atoms with Crippen LogP contribution in [0.1, 0.15) is 22.7 Å². The Labute approximate surface area is 161 Å². The van der Waals surface area contributed by atoms with Gasteiger partial charge in [0.15, 0.2) is 0 Å². The number of likely N-dealkylation sites (tertiary alicyclic amines) is 1. The molecule has 0 spiro atoms. The van der Waals surface area contributed by atoms with Gasteiger partial charge in [0.25, 0.3) is 0 Å².